The summed E-state index contributed by atoms with van der Waals surface area (Å²) in [5.74, 6) is -0.0111. The van der Waals surface area contributed by atoms with E-state index in [0.29, 0.717) is 18.2 Å². The Morgan fingerprint density at radius 1 is 0.919 bits per heavy atom. The van der Waals surface area contributed by atoms with Crippen LogP contribution in [0.3, 0.4) is 0 Å². The van der Waals surface area contributed by atoms with E-state index in [9.17, 15) is 9.59 Å². The largest absolute Gasteiger partial charge is 0.349 e. The molecule has 1 amide bonds. The van der Waals surface area contributed by atoms with Crippen molar-refractivity contribution in [2.24, 2.45) is 0 Å². The van der Waals surface area contributed by atoms with Gasteiger partial charge in [-0.1, -0.05) is 42.5 Å². The van der Waals surface area contributed by atoms with Crippen LogP contribution >= 0.6 is 0 Å². The molecule has 1 N–H and O–H groups in total. The van der Waals surface area contributed by atoms with Crippen molar-refractivity contribution in [1.29, 1.82) is 0 Å². The number of nitrogens with one attached hydrogen (secondary N) is 1. The summed E-state index contributed by atoms with van der Waals surface area (Å²) in [5.41, 5.74) is 6.19. The van der Waals surface area contributed by atoms with E-state index < -0.39 is 0 Å². The molecule has 1 saturated heterocycles. The molecule has 37 heavy (non-hydrogen) atoms. The number of amides is 1. The molecular weight excluding hydrogens is 458 g/mol. The number of fused-ring (bicyclic) bond motifs is 1. The smallest absolute Gasteiger partial charge is 0.258 e. The van der Waals surface area contributed by atoms with Gasteiger partial charge in [-0.15, -0.1) is 0 Å². The Morgan fingerprint density at radius 2 is 1.70 bits per heavy atom. The Balaban J connectivity index is 1.43. The van der Waals surface area contributed by atoms with Crippen molar-refractivity contribution >= 4 is 16.7 Å². The van der Waals surface area contributed by atoms with Gasteiger partial charge in [0.15, 0.2) is 0 Å². The van der Waals surface area contributed by atoms with Crippen LogP contribution in [-0.2, 0) is 13.1 Å². The minimum absolute atomic E-state index is 0.0111. The normalized spacial score (nSPS) is 15.8. The summed E-state index contributed by atoms with van der Waals surface area (Å²) in [6.07, 6.45) is 6.64. The van der Waals surface area contributed by atoms with Crippen molar-refractivity contribution in [3.8, 4) is 11.1 Å². The van der Waals surface area contributed by atoms with Crippen molar-refractivity contribution in [2.45, 2.75) is 51.7 Å². The van der Waals surface area contributed by atoms with Gasteiger partial charge < -0.3 is 9.88 Å². The van der Waals surface area contributed by atoms with Gasteiger partial charge in [-0.05, 0) is 103 Å². The van der Waals surface area contributed by atoms with Crippen LogP contribution in [0, 0.1) is 6.92 Å². The molecule has 2 heterocycles. The molecule has 0 radical (unpaired) electrons. The minimum Gasteiger partial charge on any atom is -0.349 e. The third kappa shape index (κ3) is 5.09. The van der Waals surface area contributed by atoms with Gasteiger partial charge in [-0.25, -0.2) is 0 Å². The van der Waals surface area contributed by atoms with E-state index >= 15 is 0 Å². The highest BCUT2D eigenvalue weighted by Gasteiger charge is 2.24. The zero-order valence-corrected chi connectivity index (χ0v) is 21.4. The maximum absolute atomic E-state index is 13.6. The van der Waals surface area contributed by atoms with Gasteiger partial charge in [-0.3, -0.25) is 14.5 Å². The number of carbonyl (C=O) groups is 1. The number of rotatable bonds is 7. The molecule has 6 rings (SSSR count). The molecule has 2 aliphatic rings. The lowest BCUT2D eigenvalue weighted by Gasteiger charge is -2.19. The van der Waals surface area contributed by atoms with Gasteiger partial charge in [0, 0.05) is 29.7 Å². The maximum Gasteiger partial charge on any atom is 0.258 e. The van der Waals surface area contributed by atoms with Gasteiger partial charge in [0.25, 0.3) is 11.5 Å². The van der Waals surface area contributed by atoms with Gasteiger partial charge in [0.05, 0.1) is 6.54 Å². The average molecular weight is 492 g/mol. The predicted octanol–water partition coefficient (Wildman–Crippen LogP) is 5.51. The van der Waals surface area contributed by atoms with E-state index in [4.69, 9.17) is 0 Å². The Hall–Kier alpha value is -3.70. The second-order valence-electron chi connectivity index (χ2n) is 10.6. The molecule has 0 atom stereocenters. The first kappa shape index (κ1) is 23.7. The lowest BCUT2D eigenvalue weighted by atomic mass is 9.94. The highest BCUT2D eigenvalue weighted by molar-refractivity contribution is 5.97. The fraction of sp³-hybridized carbons (Fsp3) is 0.312. The maximum atomic E-state index is 13.6. The number of hydrogen-bond acceptors (Lipinski definition) is 3. The zero-order valence-electron chi connectivity index (χ0n) is 21.4. The van der Waals surface area contributed by atoms with Crippen molar-refractivity contribution in [2.75, 3.05) is 13.1 Å². The van der Waals surface area contributed by atoms with Gasteiger partial charge in [0.2, 0.25) is 0 Å². The zero-order chi connectivity index (χ0) is 25.4. The van der Waals surface area contributed by atoms with Crippen LogP contribution in [-0.4, -0.2) is 34.5 Å². The number of pyridine rings is 1. The van der Waals surface area contributed by atoms with Crippen LogP contribution in [0.15, 0.2) is 77.7 Å². The molecule has 5 heteroatoms. The monoisotopic (exact) mass is 491 g/mol. The van der Waals surface area contributed by atoms with Crippen LogP contribution in [0.25, 0.3) is 21.9 Å². The first-order valence-electron chi connectivity index (χ1n) is 13.4. The number of aromatic nitrogens is 1. The summed E-state index contributed by atoms with van der Waals surface area (Å²) in [6.45, 7) is 5.65. The van der Waals surface area contributed by atoms with E-state index in [2.05, 4.69) is 41.5 Å². The van der Waals surface area contributed by atoms with Crippen molar-refractivity contribution in [3.05, 3.63) is 106 Å². The highest BCUT2D eigenvalue weighted by Crippen LogP contribution is 2.30. The van der Waals surface area contributed by atoms with Crippen LogP contribution < -0.4 is 10.9 Å². The van der Waals surface area contributed by atoms with Gasteiger partial charge in [-0.2, -0.15) is 0 Å². The highest BCUT2D eigenvalue weighted by atomic mass is 16.1. The number of hydrogen-bond donors (Lipinski definition) is 1. The van der Waals surface area contributed by atoms with Crippen molar-refractivity contribution in [1.82, 2.24) is 14.8 Å². The van der Waals surface area contributed by atoms with E-state index in [1.54, 1.807) is 0 Å². The quantitative estimate of drug-likeness (QED) is 0.371. The predicted molar refractivity (Wildman–Crippen MR) is 149 cm³/mol. The summed E-state index contributed by atoms with van der Waals surface area (Å²) in [4.78, 5) is 28.8. The second kappa shape index (κ2) is 9.98. The summed E-state index contributed by atoms with van der Waals surface area (Å²) >= 11 is 0. The summed E-state index contributed by atoms with van der Waals surface area (Å²) < 4.78 is 1.86. The number of aryl methyl sites for hydroxylation is 1. The van der Waals surface area contributed by atoms with E-state index in [0.717, 1.165) is 65.5 Å². The number of likely N-dealkylation sites (tertiary alicyclic amines) is 1. The van der Waals surface area contributed by atoms with E-state index in [-0.39, 0.29) is 11.5 Å². The summed E-state index contributed by atoms with van der Waals surface area (Å²) in [5, 5.41) is 4.84. The van der Waals surface area contributed by atoms with Crippen LogP contribution in [0.4, 0.5) is 0 Å². The standard InChI is InChI=1S/C32H33N3O2/c1-22-9-10-25(31(36)33-27-12-13-27)18-29(22)24-11-14-28-30(17-24)26(20-34-15-5-6-16-34)21-35(32(28)37)19-23-7-3-2-4-8-23/h2-4,7-11,14,17-18,21,27H,5-6,12-13,15-16,19-20H2,1H3,(H,33,36). The summed E-state index contributed by atoms with van der Waals surface area (Å²) in [6, 6.07) is 22.5. The van der Waals surface area contributed by atoms with Gasteiger partial charge in [0.1, 0.15) is 0 Å². The molecule has 1 aromatic heterocycles. The third-order valence-electron chi connectivity index (χ3n) is 7.68. The first-order valence-corrected chi connectivity index (χ1v) is 13.4. The van der Waals surface area contributed by atoms with Crippen LogP contribution in [0.1, 0.15) is 52.7 Å². The molecular formula is C32H33N3O2. The summed E-state index contributed by atoms with van der Waals surface area (Å²) in [7, 11) is 0. The van der Waals surface area contributed by atoms with Crippen molar-refractivity contribution < 1.29 is 4.79 Å². The lowest BCUT2D eigenvalue weighted by Crippen LogP contribution is -2.25. The number of nitrogens with zero attached hydrogens (tertiary/aromatic N) is 2. The first-order chi connectivity index (χ1) is 18.0. The molecule has 188 valence electrons. The molecule has 2 fully saturated rings. The molecule has 3 aromatic carbocycles. The topological polar surface area (TPSA) is 54.3 Å². The molecule has 1 aliphatic heterocycles. The van der Waals surface area contributed by atoms with Crippen molar-refractivity contribution in [3.63, 3.8) is 0 Å². The molecule has 5 nitrogen and oxygen atoms in total. The molecule has 0 bridgehead atoms. The van der Waals surface area contributed by atoms with Crippen LogP contribution in [0.5, 0.6) is 0 Å². The van der Waals surface area contributed by atoms with E-state index in [1.807, 2.05) is 53.1 Å². The minimum atomic E-state index is -0.0111. The third-order valence-corrected chi connectivity index (χ3v) is 7.68. The Kier molecular flexibility index (Phi) is 6.39. The fourth-order valence-corrected chi connectivity index (χ4v) is 5.41. The molecule has 0 spiro atoms. The molecule has 1 aliphatic carbocycles. The number of benzene rings is 3. The number of carbonyl (C=O) groups excluding carboxylic acids is 1. The Labute approximate surface area is 217 Å². The SMILES string of the molecule is Cc1ccc(C(=O)NC2CC2)cc1-c1ccc2c(=O)n(Cc3ccccc3)cc(CN3CCCC3)c2c1. The van der Waals surface area contributed by atoms with Gasteiger partial charge >= 0.3 is 0 Å². The molecule has 4 aromatic rings. The lowest BCUT2D eigenvalue weighted by molar-refractivity contribution is 0.0951. The van der Waals surface area contributed by atoms with Crippen LogP contribution in [0.2, 0.25) is 0 Å². The fourth-order valence-electron chi connectivity index (χ4n) is 5.41. The second-order valence-corrected chi connectivity index (χ2v) is 10.6. The average Bonchev–Trinajstić information content (AvgIpc) is 3.58. The Bertz CT molecular complexity index is 1510. The molecule has 0 unspecified atom stereocenters. The Morgan fingerprint density at radius 3 is 2.46 bits per heavy atom. The molecule has 1 saturated carbocycles. The van der Waals surface area contributed by atoms with E-state index in [1.165, 1.54) is 18.4 Å².